The predicted molar refractivity (Wildman–Crippen MR) is 91.1 cm³/mol. The molecule has 1 fully saturated rings. The van der Waals surface area contributed by atoms with E-state index in [0.717, 1.165) is 29.8 Å². The van der Waals surface area contributed by atoms with Crippen LogP contribution in [-0.4, -0.2) is 45.2 Å². The summed E-state index contributed by atoms with van der Waals surface area (Å²) in [4.78, 5) is 18.4. The molecule has 0 amide bonds. The smallest absolute Gasteiger partial charge is 0.335 e. The molecule has 2 aromatic rings. The van der Waals surface area contributed by atoms with Crippen LogP contribution in [0.2, 0.25) is 0 Å². The second-order valence-corrected chi connectivity index (χ2v) is 6.65. The topological polar surface area (TPSA) is 58.4 Å². The number of aromatic carboxylic acids is 1. The number of imidazole rings is 1. The summed E-state index contributed by atoms with van der Waals surface area (Å²) < 4.78 is 2.24. The third-order valence-electron chi connectivity index (χ3n) is 4.63. The highest BCUT2D eigenvalue weighted by atomic mass is 16.4. The second-order valence-electron chi connectivity index (χ2n) is 6.65. The maximum Gasteiger partial charge on any atom is 0.335 e. The number of carboxylic acids is 1. The molecule has 3 rings (SSSR count). The van der Waals surface area contributed by atoms with E-state index in [1.807, 2.05) is 6.07 Å². The lowest BCUT2D eigenvalue weighted by molar-refractivity contribution is 0.0697. The Kier molecular flexibility index (Phi) is 4.66. The Morgan fingerprint density at radius 1 is 1.26 bits per heavy atom. The van der Waals surface area contributed by atoms with E-state index in [-0.39, 0.29) is 0 Å². The summed E-state index contributed by atoms with van der Waals surface area (Å²) in [6, 6.07) is 5.54. The molecule has 23 heavy (non-hydrogen) atoms. The molecule has 1 saturated heterocycles. The third kappa shape index (κ3) is 3.39. The molecule has 0 spiro atoms. The molecule has 0 aliphatic carbocycles. The van der Waals surface area contributed by atoms with Crippen LogP contribution < -0.4 is 0 Å². The van der Waals surface area contributed by atoms with Crippen LogP contribution in [0, 0.1) is 0 Å². The summed E-state index contributed by atoms with van der Waals surface area (Å²) in [5.41, 5.74) is 2.11. The van der Waals surface area contributed by atoms with Crippen molar-refractivity contribution in [3.63, 3.8) is 0 Å². The van der Waals surface area contributed by atoms with E-state index in [0.29, 0.717) is 11.6 Å². The van der Waals surface area contributed by atoms with Crippen molar-refractivity contribution in [2.75, 3.05) is 19.6 Å². The minimum atomic E-state index is -0.902. The van der Waals surface area contributed by atoms with Gasteiger partial charge in [-0.3, -0.25) is 0 Å². The van der Waals surface area contributed by atoms with Gasteiger partial charge in [-0.15, -0.1) is 0 Å². The van der Waals surface area contributed by atoms with E-state index in [1.165, 1.54) is 32.4 Å². The molecule has 1 aliphatic rings. The summed E-state index contributed by atoms with van der Waals surface area (Å²) >= 11 is 0. The largest absolute Gasteiger partial charge is 0.478 e. The highest BCUT2D eigenvalue weighted by Gasteiger charge is 2.17. The lowest BCUT2D eigenvalue weighted by Crippen LogP contribution is -2.32. The average Bonchev–Trinajstić information content (AvgIpc) is 2.91. The number of fused-ring (bicyclic) bond motifs is 1. The van der Waals surface area contributed by atoms with Crippen molar-refractivity contribution in [3.05, 3.63) is 29.6 Å². The molecule has 0 unspecified atom stereocenters. The summed E-state index contributed by atoms with van der Waals surface area (Å²) in [6.45, 7) is 7.70. The maximum atomic E-state index is 11.2. The molecule has 5 heteroatoms. The summed E-state index contributed by atoms with van der Waals surface area (Å²) in [5.74, 6) is 0.156. The Labute approximate surface area is 136 Å². The van der Waals surface area contributed by atoms with Crippen molar-refractivity contribution in [3.8, 4) is 0 Å². The number of aromatic nitrogens is 2. The number of carboxylic acid groups (broad SMARTS) is 1. The van der Waals surface area contributed by atoms with Crippen LogP contribution in [0.3, 0.4) is 0 Å². The van der Waals surface area contributed by atoms with E-state index in [2.05, 4.69) is 23.3 Å². The minimum Gasteiger partial charge on any atom is -0.478 e. The predicted octanol–water partition coefficient (Wildman–Crippen LogP) is 3.34. The standard InChI is InChI=1S/C18H25N3O2/c1-13(2)21-16-7-6-14(18(22)23)12-15(16)19-17(21)8-11-20-9-4-3-5-10-20/h6-7,12-13H,3-5,8-11H2,1-2H3,(H,22,23). The number of rotatable bonds is 5. The van der Waals surface area contributed by atoms with Crippen LogP contribution in [-0.2, 0) is 6.42 Å². The molecule has 1 aliphatic heterocycles. The normalized spacial score (nSPS) is 16.3. The number of nitrogens with zero attached hydrogens (tertiary/aromatic N) is 3. The van der Waals surface area contributed by atoms with Crippen molar-refractivity contribution in [2.45, 2.75) is 45.6 Å². The highest BCUT2D eigenvalue weighted by Crippen LogP contribution is 2.23. The van der Waals surface area contributed by atoms with Gasteiger partial charge in [-0.05, 0) is 58.0 Å². The van der Waals surface area contributed by atoms with Crippen molar-refractivity contribution in [2.24, 2.45) is 0 Å². The van der Waals surface area contributed by atoms with E-state index in [9.17, 15) is 4.79 Å². The fourth-order valence-corrected chi connectivity index (χ4v) is 3.48. The van der Waals surface area contributed by atoms with Gasteiger partial charge in [0.05, 0.1) is 16.6 Å². The average molecular weight is 315 g/mol. The molecule has 0 bridgehead atoms. The first kappa shape index (κ1) is 16.0. The Balaban J connectivity index is 1.88. The van der Waals surface area contributed by atoms with E-state index < -0.39 is 5.97 Å². The van der Waals surface area contributed by atoms with Gasteiger partial charge in [0.2, 0.25) is 0 Å². The molecule has 124 valence electrons. The monoisotopic (exact) mass is 315 g/mol. The van der Waals surface area contributed by atoms with Gasteiger partial charge in [0.1, 0.15) is 5.82 Å². The molecular formula is C18H25N3O2. The van der Waals surface area contributed by atoms with Gasteiger partial charge in [0.25, 0.3) is 0 Å². The molecule has 0 atom stereocenters. The second kappa shape index (κ2) is 6.71. The molecular weight excluding hydrogens is 290 g/mol. The zero-order valence-electron chi connectivity index (χ0n) is 14.0. The number of hydrogen-bond acceptors (Lipinski definition) is 3. The molecule has 1 aromatic carbocycles. The quantitative estimate of drug-likeness (QED) is 0.919. The number of piperidine rings is 1. The summed E-state index contributed by atoms with van der Waals surface area (Å²) in [6.07, 6.45) is 4.85. The van der Waals surface area contributed by atoms with Gasteiger partial charge >= 0.3 is 5.97 Å². The van der Waals surface area contributed by atoms with E-state index in [4.69, 9.17) is 10.1 Å². The Hall–Kier alpha value is -1.88. The van der Waals surface area contributed by atoms with Gasteiger partial charge in [0, 0.05) is 19.0 Å². The number of benzene rings is 1. The molecule has 1 aromatic heterocycles. The first-order valence-electron chi connectivity index (χ1n) is 8.53. The van der Waals surface area contributed by atoms with Gasteiger partial charge in [-0.25, -0.2) is 9.78 Å². The highest BCUT2D eigenvalue weighted by molar-refractivity contribution is 5.92. The van der Waals surface area contributed by atoms with Crippen LogP contribution in [0.15, 0.2) is 18.2 Å². The van der Waals surface area contributed by atoms with Crippen molar-refractivity contribution >= 4 is 17.0 Å². The van der Waals surface area contributed by atoms with Gasteiger partial charge in [-0.1, -0.05) is 6.42 Å². The Morgan fingerprint density at radius 3 is 2.65 bits per heavy atom. The van der Waals surface area contributed by atoms with Gasteiger partial charge in [0.15, 0.2) is 0 Å². The fraction of sp³-hybridized carbons (Fsp3) is 0.556. The van der Waals surface area contributed by atoms with Crippen LogP contribution in [0.4, 0.5) is 0 Å². The van der Waals surface area contributed by atoms with Crippen molar-refractivity contribution in [1.82, 2.24) is 14.5 Å². The SMILES string of the molecule is CC(C)n1c(CCN2CCCCC2)nc2cc(C(=O)O)ccc21. The minimum absolute atomic E-state index is 0.300. The van der Waals surface area contributed by atoms with Crippen LogP contribution in [0.1, 0.15) is 55.3 Å². The zero-order valence-corrected chi connectivity index (χ0v) is 14.0. The lowest BCUT2D eigenvalue weighted by Gasteiger charge is -2.26. The number of hydrogen-bond donors (Lipinski definition) is 1. The molecule has 1 N–H and O–H groups in total. The zero-order chi connectivity index (χ0) is 16.4. The summed E-state index contributed by atoms with van der Waals surface area (Å²) in [7, 11) is 0. The fourth-order valence-electron chi connectivity index (χ4n) is 3.48. The lowest BCUT2D eigenvalue weighted by atomic mass is 10.1. The van der Waals surface area contributed by atoms with Crippen LogP contribution >= 0.6 is 0 Å². The molecule has 0 radical (unpaired) electrons. The maximum absolute atomic E-state index is 11.2. The van der Waals surface area contributed by atoms with Gasteiger partial charge in [-0.2, -0.15) is 0 Å². The van der Waals surface area contributed by atoms with E-state index in [1.54, 1.807) is 12.1 Å². The van der Waals surface area contributed by atoms with E-state index >= 15 is 0 Å². The summed E-state index contributed by atoms with van der Waals surface area (Å²) in [5, 5.41) is 9.16. The van der Waals surface area contributed by atoms with Gasteiger partial charge < -0.3 is 14.6 Å². The van der Waals surface area contributed by atoms with Crippen LogP contribution in [0.25, 0.3) is 11.0 Å². The molecule has 5 nitrogen and oxygen atoms in total. The van der Waals surface area contributed by atoms with Crippen molar-refractivity contribution in [1.29, 1.82) is 0 Å². The van der Waals surface area contributed by atoms with Crippen molar-refractivity contribution < 1.29 is 9.90 Å². The number of carbonyl (C=O) groups is 1. The Morgan fingerprint density at radius 2 is 2.00 bits per heavy atom. The number of likely N-dealkylation sites (tertiary alicyclic amines) is 1. The third-order valence-corrected chi connectivity index (χ3v) is 4.63. The van der Waals surface area contributed by atoms with Crippen LogP contribution in [0.5, 0.6) is 0 Å². The first-order valence-corrected chi connectivity index (χ1v) is 8.53. The molecule has 2 heterocycles. The first-order chi connectivity index (χ1) is 11.1. The Bertz CT molecular complexity index is 700. The molecule has 0 saturated carbocycles.